The van der Waals surface area contributed by atoms with Crippen LogP contribution in [-0.2, 0) is 25.3 Å². The van der Waals surface area contributed by atoms with Crippen molar-refractivity contribution in [3.8, 4) is 0 Å². The van der Waals surface area contributed by atoms with Crippen LogP contribution in [0.5, 0.6) is 0 Å². The largest absolute Gasteiger partial charge is 0.460 e. The van der Waals surface area contributed by atoms with Crippen LogP contribution in [0.25, 0.3) is 0 Å². The molecule has 3 atom stereocenters. The highest BCUT2D eigenvalue weighted by Crippen LogP contribution is 2.17. The molecule has 6 heteroatoms. The molecule has 0 unspecified atom stereocenters. The highest BCUT2D eigenvalue weighted by molar-refractivity contribution is 7.84. The van der Waals surface area contributed by atoms with Gasteiger partial charge in [-0.05, 0) is 41.5 Å². The fraction of sp³-hybridized carbons (Fsp3) is 0.857. The SMILES string of the molecule is C[C@H](C(=O)OC(C)(C)C)[C@@H](CC=O)N[S@@](=O)C(C)(C)C. The number of carbonyl (C=O) groups excluding carboxylic acids is 2. The highest BCUT2D eigenvalue weighted by atomic mass is 32.2. The van der Waals surface area contributed by atoms with Crippen LogP contribution >= 0.6 is 0 Å². The Morgan fingerprint density at radius 3 is 2.10 bits per heavy atom. The van der Waals surface area contributed by atoms with Gasteiger partial charge in [-0.2, -0.15) is 0 Å². The van der Waals surface area contributed by atoms with E-state index < -0.39 is 39.3 Å². The van der Waals surface area contributed by atoms with Crippen LogP contribution < -0.4 is 4.72 Å². The summed E-state index contributed by atoms with van der Waals surface area (Å²) >= 11 is 0. The fourth-order valence-electron chi connectivity index (χ4n) is 1.33. The molecule has 0 amide bonds. The normalized spacial score (nSPS) is 17.1. The van der Waals surface area contributed by atoms with Crippen molar-refractivity contribution in [3.63, 3.8) is 0 Å². The summed E-state index contributed by atoms with van der Waals surface area (Å²) in [5.74, 6) is -0.950. The third-order valence-corrected chi connectivity index (χ3v) is 4.18. The molecule has 118 valence electrons. The lowest BCUT2D eigenvalue weighted by atomic mass is 10.0. The molecule has 0 radical (unpaired) electrons. The van der Waals surface area contributed by atoms with Gasteiger partial charge in [-0.3, -0.25) is 4.79 Å². The number of rotatable bonds is 6. The van der Waals surface area contributed by atoms with Crippen LogP contribution in [0, 0.1) is 5.92 Å². The monoisotopic (exact) mass is 305 g/mol. The highest BCUT2D eigenvalue weighted by Gasteiger charge is 2.31. The van der Waals surface area contributed by atoms with Gasteiger partial charge in [0.25, 0.3) is 0 Å². The molecule has 0 rings (SSSR count). The average Bonchev–Trinajstić information content (AvgIpc) is 2.23. The molecule has 0 fully saturated rings. The number of carbonyl (C=O) groups is 2. The zero-order valence-electron chi connectivity index (χ0n) is 13.5. The van der Waals surface area contributed by atoms with E-state index in [0.29, 0.717) is 0 Å². The third kappa shape index (κ3) is 7.14. The lowest BCUT2D eigenvalue weighted by molar-refractivity contribution is -0.160. The standard InChI is InChI=1S/C14H27NO4S/c1-10(12(17)19-13(2,3)4)11(8-9-16)15-20(18)14(5,6)7/h9-11,15H,8H2,1-7H3/t10-,11+,20-/m0/s1. The van der Waals surface area contributed by atoms with Crippen molar-refractivity contribution in [1.82, 2.24) is 4.72 Å². The van der Waals surface area contributed by atoms with Crippen molar-refractivity contribution in [2.75, 3.05) is 0 Å². The van der Waals surface area contributed by atoms with Gasteiger partial charge in [0.15, 0.2) is 0 Å². The number of hydrogen-bond donors (Lipinski definition) is 1. The maximum atomic E-state index is 12.1. The Balaban J connectivity index is 4.87. The van der Waals surface area contributed by atoms with E-state index in [4.69, 9.17) is 4.74 Å². The molecule has 0 aliphatic carbocycles. The Morgan fingerprint density at radius 2 is 1.75 bits per heavy atom. The molecule has 0 saturated heterocycles. The number of aldehydes is 1. The van der Waals surface area contributed by atoms with Gasteiger partial charge in [0.05, 0.1) is 21.7 Å². The first-order valence-corrected chi connectivity index (χ1v) is 7.88. The fourth-order valence-corrected chi connectivity index (χ4v) is 2.26. The first-order chi connectivity index (χ1) is 8.88. The molecule has 0 aromatic rings. The first kappa shape index (κ1) is 19.2. The number of ether oxygens (including phenoxy) is 1. The van der Waals surface area contributed by atoms with Gasteiger partial charge in [-0.1, -0.05) is 6.92 Å². The minimum Gasteiger partial charge on any atom is -0.460 e. The topological polar surface area (TPSA) is 72.5 Å². The zero-order chi connectivity index (χ0) is 16.1. The van der Waals surface area contributed by atoms with Gasteiger partial charge in [0.2, 0.25) is 0 Å². The van der Waals surface area contributed by atoms with Gasteiger partial charge in [0, 0.05) is 12.5 Å². The second kappa shape index (κ2) is 7.31. The second-order valence-electron chi connectivity index (χ2n) is 6.83. The lowest BCUT2D eigenvalue weighted by Gasteiger charge is -2.28. The van der Waals surface area contributed by atoms with E-state index in [2.05, 4.69) is 4.72 Å². The summed E-state index contributed by atoms with van der Waals surface area (Å²) in [6.07, 6.45) is 0.834. The van der Waals surface area contributed by atoms with E-state index in [1.165, 1.54) is 0 Å². The number of esters is 1. The van der Waals surface area contributed by atoms with Crippen LogP contribution in [0.1, 0.15) is 54.9 Å². The molecule has 20 heavy (non-hydrogen) atoms. The van der Waals surface area contributed by atoms with Crippen LogP contribution in [0.4, 0.5) is 0 Å². The van der Waals surface area contributed by atoms with Crippen molar-refractivity contribution in [1.29, 1.82) is 0 Å². The molecule has 0 aromatic carbocycles. The van der Waals surface area contributed by atoms with Crippen LogP contribution in [-0.4, -0.2) is 32.9 Å². The maximum Gasteiger partial charge on any atom is 0.310 e. The van der Waals surface area contributed by atoms with Crippen molar-refractivity contribution in [2.24, 2.45) is 5.92 Å². The minimum absolute atomic E-state index is 0.113. The molecule has 0 heterocycles. The molecule has 0 aliphatic heterocycles. The van der Waals surface area contributed by atoms with Crippen LogP contribution in [0.2, 0.25) is 0 Å². The molecular weight excluding hydrogens is 278 g/mol. The van der Waals surface area contributed by atoms with Crippen molar-refractivity contribution < 1.29 is 18.5 Å². The Morgan fingerprint density at radius 1 is 1.25 bits per heavy atom. The Kier molecular flexibility index (Phi) is 7.04. The quantitative estimate of drug-likeness (QED) is 0.601. The summed E-state index contributed by atoms with van der Waals surface area (Å²) < 4.78 is 19.8. The van der Waals surface area contributed by atoms with Gasteiger partial charge >= 0.3 is 5.97 Å². The molecule has 0 spiro atoms. The molecule has 0 bridgehead atoms. The molecule has 1 N–H and O–H groups in total. The van der Waals surface area contributed by atoms with E-state index in [9.17, 15) is 13.8 Å². The molecule has 0 aliphatic rings. The van der Waals surface area contributed by atoms with Gasteiger partial charge < -0.3 is 9.53 Å². The summed E-state index contributed by atoms with van der Waals surface area (Å²) in [6.45, 7) is 12.5. The second-order valence-corrected chi connectivity index (χ2v) is 8.83. The van der Waals surface area contributed by atoms with E-state index in [-0.39, 0.29) is 6.42 Å². The van der Waals surface area contributed by atoms with E-state index in [1.807, 2.05) is 20.8 Å². The predicted octanol–water partition coefficient (Wildman–Crippen LogP) is 1.97. The number of nitrogens with one attached hydrogen (secondary N) is 1. The maximum absolute atomic E-state index is 12.1. The van der Waals surface area contributed by atoms with Crippen LogP contribution in [0.15, 0.2) is 0 Å². The van der Waals surface area contributed by atoms with Gasteiger partial charge in [0.1, 0.15) is 11.9 Å². The zero-order valence-corrected chi connectivity index (χ0v) is 14.3. The molecule has 0 saturated carbocycles. The summed E-state index contributed by atoms with van der Waals surface area (Å²) in [4.78, 5) is 22.8. The van der Waals surface area contributed by atoms with Crippen molar-refractivity contribution >= 4 is 23.2 Å². The van der Waals surface area contributed by atoms with E-state index in [1.54, 1.807) is 27.7 Å². The Bertz CT molecular complexity index is 368. The minimum atomic E-state index is -1.35. The average molecular weight is 305 g/mol. The summed E-state index contributed by atoms with van der Waals surface area (Å²) in [6, 6.07) is -0.498. The molecular formula is C14H27NO4S. The van der Waals surface area contributed by atoms with Crippen LogP contribution in [0.3, 0.4) is 0 Å². The summed E-state index contributed by atoms with van der Waals surface area (Å²) in [7, 11) is -1.35. The van der Waals surface area contributed by atoms with Crippen molar-refractivity contribution in [2.45, 2.75) is 71.3 Å². The smallest absolute Gasteiger partial charge is 0.310 e. The van der Waals surface area contributed by atoms with E-state index >= 15 is 0 Å². The molecule has 5 nitrogen and oxygen atoms in total. The van der Waals surface area contributed by atoms with Gasteiger partial charge in [-0.15, -0.1) is 0 Å². The Labute approximate surface area is 124 Å². The summed E-state index contributed by atoms with van der Waals surface area (Å²) in [5.41, 5.74) is -0.583. The predicted molar refractivity (Wildman–Crippen MR) is 80.5 cm³/mol. The van der Waals surface area contributed by atoms with Gasteiger partial charge in [-0.25, -0.2) is 8.93 Å². The number of hydrogen-bond acceptors (Lipinski definition) is 4. The van der Waals surface area contributed by atoms with E-state index in [0.717, 1.165) is 6.29 Å². The molecule has 0 aromatic heterocycles. The first-order valence-electron chi connectivity index (χ1n) is 6.73. The Hall–Kier alpha value is -0.750. The summed E-state index contributed by atoms with van der Waals surface area (Å²) in [5, 5.41) is 0. The van der Waals surface area contributed by atoms with Crippen molar-refractivity contribution in [3.05, 3.63) is 0 Å². The third-order valence-electron chi connectivity index (χ3n) is 2.55. The lowest BCUT2D eigenvalue weighted by Crippen LogP contribution is -2.46.